The first-order chi connectivity index (χ1) is 9.65. The molecule has 4 nitrogen and oxygen atoms in total. The second-order valence-electron chi connectivity index (χ2n) is 5.25. The summed E-state index contributed by atoms with van der Waals surface area (Å²) in [6.45, 7) is 6.24. The summed E-state index contributed by atoms with van der Waals surface area (Å²) in [6, 6.07) is 6.12. The Balaban J connectivity index is 2.76. The highest BCUT2D eigenvalue weighted by Crippen LogP contribution is 2.29. The molecule has 0 amide bonds. The molecule has 0 spiro atoms. The maximum Gasteiger partial charge on any atom is 0.161 e. The molecule has 4 heteroatoms. The number of benzene rings is 1. The second-order valence-corrected chi connectivity index (χ2v) is 5.25. The van der Waals surface area contributed by atoms with Crippen LogP contribution in [0.15, 0.2) is 18.2 Å². The van der Waals surface area contributed by atoms with Gasteiger partial charge in [0.1, 0.15) is 0 Å². The Kier molecular flexibility index (Phi) is 7.41. The molecule has 1 aromatic rings. The summed E-state index contributed by atoms with van der Waals surface area (Å²) in [6.07, 6.45) is 1.93. The van der Waals surface area contributed by atoms with Gasteiger partial charge in [-0.25, -0.2) is 0 Å². The number of nitrogens with two attached hydrogens (primary N) is 2. The molecule has 0 saturated heterocycles. The van der Waals surface area contributed by atoms with Gasteiger partial charge in [-0.05, 0) is 55.5 Å². The maximum atomic E-state index is 5.75. The van der Waals surface area contributed by atoms with Crippen molar-refractivity contribution < 1.29 is 9.47 Å². The molecular formula is C16H28N2O2. The van der Waals surface area contributed by atoms with Crippen LogP contribution in [0.3, 0.4) is 0 Å². The van der Waals surface area contributed by atoms with Crippen molar-refractivity contribution in [2.45, 2.75) is 26.7 Å². The highest BCUT2D eigenvalue weighted by Gasteiger charge is 2.15. The van der Waals surface area contributed by atoms with Crippen LogP contribution in [0, 0.1) is 11.8 Å². The molecule has 1 aromatic carbocycles. The third-order valence-electron chi connectivity index (χ3n) is 3.66. The molecule has 0 aliphatic rings. The van der Waals surface area contributed by atoms with Gasteiger partial charge < -0.3 is 20.9 Å². The van der Waals surface area contributed by atoms with Crippen molar-refractivity contribution in [3.05, 3.63) is 23.8 Å². The van der Waals surface area contributed by atoms with E-state index in [-0.39, 0.29) is 0 Å². The van der Waals surface area contributed by atoms with Gasteiger partial charge in [-0.1, -0.05) is 19.9 Å². The lowest BCUT2D eigenvalue weighted by Gasteiger charge is -2.21. The molecule has 0 bridgehead atoms. The maximum absolute atomic E-state index is 5.75. The molecule has 1 atom stereocenters. The lowest BCUT2D eigenvalue weighted by Crippen LogP contribution is -2.30. The predicted octanol–water partition coefficient (Wildman–Crippen LogP) is 2.20. The number of ether oxygens (including phenoxy) is 2. The third-order valence-corrected chi connectivity index (χ3v) is 3.66. The fourth-order valence-corrected chi connectivity index (χ4v) is 2.27. The van der Waals surface area contributed by atoms with E-state index in [0.29, 0.717) is 31.5 Å². The summed E-state index contributed by atoms with van der Waals surface area (Å²) in [4.78, 5) is 0. The molecule has 0 heterocycles. The largest absolute Gasteiger partial charge is 0.493 e. The van der Waals surface area contributed by atoms with Crippen LogP contribution >= 0.6 is 0 Å². The molecule has 0 aliphatic heterocycles. The molecule has 1 rings (SSSR count). The van der Waals surface area contributed by atoms with E-state index in [9.17, 15) is 0 Å². The number of hydrogen-bond donors (Lipinski definition) is 2. The van der Waals surface area contributed by atoms with Crippen molar-refractivity contribution in [2.75, 3.05) is 26.8 Å². The first kappa shape index (κ1) is 16.8. The van der Waals surface area contributed by atoms with Crippen LogP contribution in [-0.2, 0) is 6.42 Å². The van der Waals surface area contributed by atoms with Crippen LogP contribution in [0.5, 0.6) is 11.5 Å². The van der Waals surface area contributed by atoms with E-state index >= 15 is 0 Å². The van der Waals surface area contributed by atoms with E-state index in [2.05, 4.69) is 19.9 Å². The number of methoxy groups -OCH3 is 1. The summed E-state index contributed by atoms with van der Waals surface area (Å²) in [5.74, 6) is 2.41. The Bertz CT molecular complexity index is 392. The fraction of sp³-hybridized carbons (Fsp3) is 0.625. The van der Waals surface area contributed by atoms with Gasteiger partial charge in [0, 0.05) is 0 Å². The van der Waals surface area contributed by atoms with Crippen LogP contribution in [0.4, 0.5) is 0 Å². The van der Waals surface area contributed by atoms with Crippen LogP contribution in [0.2, 0.25) is 0 Å². The first-order valence-electron chi connectivity index (χ1n) is 7.36. The van der Waals surface area contributed by atoms with Gasteiger partial charge in [0.25, 0.3) is 0 Å². The van der Waals surface area contributed by atoms with Crippen molar-refractivity contribution in [1.82, 2.24) is 0 Å². The van der Waals surface area contributed by atoms with E-state index in [1.807, 2.05) is 12.1 Å². The van der Waals surface area contributed by atoms with E-state index in [1.165, 1.54) is 5.56 Å². The summed E-state index contributed by atoms with van der Waals surface area (Å²) in [7, 11) is 1.67. The topological polar surface area (TPSA) is 70.5 Å². The van der Waals surface area contributed by atoms with Gasteiger partial charge >= 0.3 is 0 Å². The van der Waals surface area contributed by atoms with Crippen LogP contribution < -0.4 is 20.9 Å². The average molecular weight is 280 g/mol. The first-order valence-corrected chi connectivity index (χ1v) is 7.36. The molecule has 0 radical (unpaired) electrons. The normalized spacial score (nSPS) is 12.5. The lowest BCUT2D eigenvalue weighted by atomic mass is 9.88. The van der Waals surface area contributed by atoms with Gasteiger partial charge in [0.05, 0.1) is 13.7 Å². The Hall–Kier alpha value is -1.26. The predicted molar refractivity (Wildman–Crippen MR) is 83.2 cm³/mol. The minimum absolute atomic E-state index is 0.358. The van der Waals surface area contributed by atoms with E-state index in [4.69, 9.17) is 20.9 Å². The molecule has 0 aliphatic carbocycles. The quantitative estimate of drug-likeness (QED) is 0.727. The summed E-state index contributed by atoms with van der Waals surface area (Å²) in [5, 5.41) is 0. The van der Waals surface area contributed by atoms with Crippen LogP contribution in [-0.4, -0.2) is 26.8 Å². The third kappa shape index (κ3) is 4.69. The molecule has 0 aromatic heterocycles. The lowest BCUT2D eigenvalue weighted by molar-refractivity contribution is 0.293. The molecule has 1 unspecified atom stereocenters. The summed E-state index contributed by atoms with van der Waals surface area (Å²) >= 11 is 0. The molecule has 0 saturated carbocycles. The van der Waals surface area contributed by atoms with Crippen molar-refractivity contribution in [3.8, 4) is 11.5 Å². The van der Waals surface area contributed by atoms with Crippen molar-refractivity contribution in [1.29, 1.82) is 0 Å². The number of rotatable bonds is 9. The molecule has 114 valence electrons. The van der Waals surface area contributed by atoms with Gasteiger partial charge in [-0.2, -0.15) is 0 Å². The van der Waals surface area contributed by atoms with E-state index in [0.717, 1.165) is 24.3 Å². The Morgan fingerprint density at radius 2 is 1.85 bits per heavy atom. The smallest absolute Gasteiger partial charge is 0.161 e. The standard InChI is InChI=1S/C16H28N2O2/c1-4-7-20-15-6-5-13(9-16(15)19-3)8-12(2)14(10-17)11-18/h5-6,9,12,14H,4,7-8,10-11,17-18H2,1-3H3. The zero-order chi connectivity index (χ0) is 15.0. The van der Waals surface area contributed by atoms with Crippen molar-refractivity contribution in [2.24, 2.45) is 23.3 Å². The summed E-state index contributed by atoms with van der Waals surface area (Å²) in [5.41, 5.74) is 12.7. The second kappa shape index (κ2) is 8.82. The minimum atomic E-state index is 0.358. The Labute approximate surface area is 122 Å². The zero-order valence-corrected chi connectivity index (χ0v) is 12.9. The van der Waals surface area contributed by atoms with Crippen LogP contribution in [0.1, 0.15) is 25.8 Å². The van der Waals surface area contributed by atoms with E-state index in [1.54, 1.807) is 7.11 Å². The van der Waals surface area contributed by atoms with Gasteiger partial charge in [-0.3, -0.25) is 0 Å². The summed E-state index contributed by atoms with van der Waals surface area (Å²) < 4.78 is 11.1. The highest BCUT2D eigenvalue weighted by atomic mass is 16.5. The van der Waals surface area contributed by atoms with Crippen molar-refractivity contribution >= 4 is 0 Å². The van der Waals surface area contributed by atoms with Crippen molar-refractivity contribution in [3.63, 3.8) is 0 Å². The van der Waals surface area contributed by atoms with Crippen LogP contribution in [0.25, 0.3) is 0 Å². The Morgan fingerprint density at radius 3 is 2.40 bits per heavy atom. The average Bonchev–Trinajstić information content (AvgIpc) is 2.47. The van der Waals surface area contributed by atoms with Gasteiger partial charge in [0.15, 0.2) is 11.5 Å². The minimum Gasteiger partial charge on any atom is -0.493 e. The molecule has 20 heavy (non-hydrogen) atoms. The fourth-order valence-electron chi connectivity index (χ4n) is 2.27. The SMILES string of the molecule is CCCOc1ccc(CC(C)C(CN)CN)cc1OC. The zero-order valence-electron chi connectivity index (χ0n) is 12.9. The molecule has 4 N–H and O–H groups in total. The number of hydrogen-bond acceptors (Lipinski definition) is 4. The monoisotopic (exact) mass is 280 g/mol. The van der Waals surface area contributed by atoms with Gasteiger partial charge in [0.2, 0.25) is 0 Å². The van der Waals surface area contributed by atoms with E-state index < -0.39 is 0 Å². The Morgan fingerprint density at radius 1 is 1.15 bits per heavy atom. The highest BCUT2D eigenvalue weighted by molar-refractivity contribution is 5.43. The van der Waals surface area contributed by atoms with Gasteiger partial charge in [-0.15, -0.1) is 0 Å². The molecular weight excluding hydrogens is 252 g/mol. The molecule has 0 fully saturated rings.